The van der Waals surface area contributed by atoms with Crippen molar-refractivity contribution in [3.63, 3.8) is 0 Å². The lowest BCUT2D eigenvalue weighted by atomic mass is 10.2. The zero-order chi connectivity index (χ0) is 8.43. The first-order valence-electron chi connectivity index (χ1n) is 3.39. The number of H-pyrrole nitrogens is 1. The Morgan fingerprint density at radius 2 is 2.09 bits per heavy atom. The molecule has 3 heteroatoms. The average molecular weight is 153 g/mol. The fourth-order valence-electron chi connectivity index (χ4n) is 1.07. The van der Waals surface area contributed by atoms with Crippen LogP contribution < -0.4 is 4.74 Å². The van der Waals surface area contributed by atoms with Gasteiger partial charge in [0.1, 0.15) is 11.4 Å². The van der Waals surface area contributed by atoms with Crippen molar-refractivity contribution >= 4 is 6.29 Å². The van der Waals surface area contributed by atoms with Crippen LogP contribution in [0.25, 0.3) is 0 Å². The first-order valence-corrected chi connectivity index (χ1v) is 3.39. The van der Waals surface area contributed by atoms with E-state index >= 15 is 0 Å². The van der Waals surface area contributed by atoms with Gasteiger partial charge in [0.2, 0.25) is 0 Å². The summed E-state index contributed by atoms with van der Waals surface area (Å²) in [5.41, 5.74) is 2.49. The largest absolute Gasteiger partial charge is 0.494 e. The summed E-state index contributed by atoms with van der Waals surface area (Å²) in [6, 6.07) is 0. The van der Waals surface area contributed by atoms with Crippen LogP contribution in [0.3, 0.4) is 0 Å². The van der Waals surface area contributed by atoms with Gasteiger partial charge in [0.15, 0.2) is 6.29 Å². The minimum absolute atomic E-state index is 0.516. The van der Waals surface area contributed by atoms with Gasteiger partial charge in [0.05, 0.1) is 7.11 Å². The predicted octanol–water partition coefficient (Wildman–Crippen LogP) is 1.45. The Labute approximate surface area is 65.4 Å². The molecular weight excluding hydrogens is 142 g/mol. The first-order chi connectivity index (χ1) is 5.20. The van der Waals surface area contributed by atoms with Crippen molar-refractivity contribution in [1.29, 1.82) is 0 Å². The number of aryl methyl sites for hydroxylation is 1. The minimum Gasteiger partial charge on any atom is -0.494 e. The molecule has 1 N–H and O–H groups in total. The topological polar surface area (TPSA) is 42.1 Å². The van der Waals surface area contributed by atoms with Gasteiger partial charge in [0, 0.05) is 11.3 Å². The number of aromatic nitrogens is 1. The Morgan fingerprint density at radius 1 is 1.45 bits per heavy atom. The molecule has 0 aromatic carbocycles. The highest BCUT2D eigenvalue weighted by Crippen LogP contribution is 2.23. The third-order valence-corrected chi connectivity index (χ3v) is 1.79. The molecule has 1 aromatic heterocycles. The molecule has 1 heterocycles. The number of hydrogen-bond acceptors (Lipinski definition) is 2. The molecular formula is C8H11NO2. The molecule has 0 fully saturated rings. The van der Waals surface area contributed by atoms with E-state index in [0.29, 0.717) is 11.4 Å². The van der Waals surface area contributed by atoms with Gasteiger partial charge in [-0.2, -0.15) is 0 Å². The standard InChI is InChI=1S/C8H11NO2/c1-5-6(2)9-7(4-10)8(5)11-3/h4,9H,1-3H3. The molecule has 0 unspecified atom stereocenters. The van der Waals surface area contributed by atoms with E-state index in [-0.39, 0.29) is 0 Å². The van der Waals surface area contributed by atoms with Crippen molar-refractivity contribution in [2.45, 2.75) is 13.8 Å². The number of carbonyl (C=O) groups is 1. The third-order valence-electron chi connectivity index (χ3n) is 1.79. The van der Waals surface area contributed by atoms with Crippen LogP contribution in [0.2, 0.25) is 0 Å². The lowest BCUT2D eigenvalue weighted by Gasteiger charge is -1.97. The van der Waals surface area contributed by atoms with Gasteiger partial charge in [-0.05, 0) is 13.8 Å². The molecule has 0 radical (unpaired) electrons. The number of carbonyl (C=O) groups excluding carboxylic acids is 1. The van der Waals surface area contributed by atoms with E-state index in [1.165, 1.54) is 0 Å². The van der Waals surface area contributed by atoms with Crippen molar-refractivity contribution in [3.05, 3.63) is 17.0 Å². The van der Waals surface area contributed by atoms with Crippen molar-refractivity contribution in [1.82, 2.24) is 4.98 Å². The zero-order valence-electron chi connectivity index (χ0n) is 6.89. The molecule has 0 spiro atoms. The predicted molar refractivity (Wildman–Crippen MR) is 42.2 cm³/mol. The van der Waals surface area contributed by atoms with Crippen LogP contribution >= 0.6 is 0 Å². The quantitative estimate of drug-likeness (QED) is 0.653. The minimum atomic E-state index is 0.516. The van der Waals surface area contributed by atoms with Crippen LogP contribution in [0, 0.1) is 13.8 Å². The fraction of sp³-hybridized carbons (Fsp3) is 0.375. The zero-order valence-corrected chi connectivity index (χ0v) is 6.89. The third kappa shape index (κ3) is 1.13. The molecule has 3 nitrogen and oxygen atoms in total. The van der Waals surface area contributed by atoms with Crippen LogP contribution in [0.1, 0.15) is 21.7 Å². The van der Waals surface area contributed by atoms with Crippen molar-refractivity contribution in [2.75, 3.05) is 7.11 Å². The van der Waals surface area contributed by atoms with Gasteiger partial charge in [-0.15, -0.1) is 0 Å². The molecule has 0 bridgehead atoms. The lowest BCUT2D eigenvalue weighted by Crippen LogP contribution is -1.87. The van der Waals surface area contributed by atoms with Crippen LogP contribution in [0.15, 0.2) is 0 Å². The van der Waals surface area contributed by atoms with E-state index in [4.69, 9.17) is 4.74 Å². The second-order valence-electron chi connectivity index (χ2n) is 2.44. The van der Waals surface area contributed by atoms with E-state index in [1.54, 1.807) is 7.11 Å². The van der Waals surface area contributed by atoms with Crippen molar-refractivity contribution in [2.24, 2.45) is 0 Å². The highest BCUT2D eigenvalue weighted by atomic mass is 16.5. The monoisotopic (exact) mass is 153 g/mol. The van der Waals surface area contributed by atoms with E-state index in [0.717, 1.165) is 17.5 Å². The van der Waals surface area contributed by atoms with Gasteiger partial charge in [0.25, 0.3) is 0 Å². The maximum Gasteiger partial charge on any atom is 0.170 e. The van der Waals surface area contributed by atoms with Gasteiger partial charge in [-0.25, -0.2) is 0 Å². The second-order valence-corrected chi connectivity index (χ2v) is 2.44. The highest BCUT2D eigenvalue weighted by Gasteiger charge is 2.10. The molecule has 0 amide bonds. The first kappa shape index (κ1) is 7.85. The molecule has 0 atom stereocenters. The number of methoxy groups -OCH3 is 1. The molecule has 0 saturated heterocycles. The Balaban J connectivity index is 3.26. The molecule has 1 aromatic rings. The number of nitrogens with one attached hydrogen (secondary N) is 1. The normalized spacial score (nSPS) is 9.73. The molecule has 60 valence electrons. The second kappa shape index (κ2) is 2.78. The lowest BCUT2D eigenvalue weighted by molar-refractivity contribution is 0.111. The maximum absolute atomic E-state index is 10.4. The van der Waals surface area contributed by atoms with Crippen LogP contribution in [-0.4, -0.2) is 18.4 Å². The summed E-state index contributed by atoms with van der Waals surface area (Å²) in [4.78, 5) is 13.4. The number of rotatable bonds is 2. The molecule has 0 aliphatic rings. The summed E-state index contributed by atoms with van der Waals surface area (Å²) >= 11 is 0. The van der Waals surface area contributed by atoms with Crippen LogP contribution in [0.5, 0.6) is 5.75 Å². The van der Waals surface area contributed by atoms with Crippen LogP contribution in [-0.2, 0) is 0 Å². The van der Waals surface area contributed by atoms with E-state index in [9.17, 15) is 4.79 Å². The molecule has 0 aliphatic carbocycles. The van der Waals surface area contributed by atoms with Crippen LogP contribution in [0.4, 0.5) is 0 Å². The van der Waals surface area contributed by atoms with E-state index < -0.39 is 0 Å². The van der Waals surface area contributed by atoms with Gasteiger partial charge in [-0.3, -0.25) is 4.79 Å². The number of aromatic amines is 1. The fourth-order valence-corrected chi connectivity index (χ4v) is 1.07. The Morgan fingerprint density at radius 3 is 2.45 bits per heavy atom. The summed E-state index contributed by atoms with van der Waals surface area (Å²) in [7, 11) is 1.56. The Kier molecular flexibility index (Phi) is 1.98. The van der Waals surface area contributed by atoms with Crippen molar-refractivity contribution in [3.8, 4) is 5.75 Å². The smallest absolute Gasteiger partial charge is 0.170 e. The van der Waals surface area contributed by atoms with Gasteiger partial charge in [-0.1, -0.05) is 0 Å². The Bertz CT molecular complexity index is 276. The highest BCUT2D eigenvalue weighted by molar-refractivity contribution is 5.78. The SMILES string of the molecule is COc1c(C=O)[nH]c(C)c1C. The van der Waals surface area contributed by atoms with Gasteiger partial charge < -0.3 is 9.72 Å². The number of hydrogen-bond donors (Lipinski definition) is 1. The van der Waals surface area contributed by atoms with E-state index in [2.05, 4.69) is 4.98 Å². The summed E-state index contributed by atoms with van der Waals surface area (Å²) in [6.07, 6.45) is 0.763. The van der Waals surface area contributed by atoms with Gasteiger partial charge >= 0.3 is 0 Å². The summed E-state index contributed by atoms with van der Waals surface area (Å²) in [5, 5.41) is 0. The number of ether oxygens (including phenoxy) is 1. The molecule has 0 aliphatic heterocycles. The summed E-state index contributed by atoms with van der Waals surface area (Å²) < 4.78 is 5.03. The molecule has 11 heavy (non-hydrogen) atoms. The molecule has 1 rings (SSSR count). The Hall–Kier alpha value is -1.25. The maximum atomic E-state index is 10.4. The van der Waals surface area contributed by atoms with Crippen molar-refractivity contribution < 1.29 is 9.53 Å². The summed E-state index contributed by atoms with van der Waals surface area (Å²) in [6.45, 7) is 3.82. The molecule has 0 saturated carbocycles. The summed E-state index contributed by atoms with van der Waals surface area (Å²) in [5.74, 6) is 0.650. The number of aldehydes is 1. The van der Waals surface area contributed by atoms with E-state index in [1.807, 2.05) is 13.8 Å². The average Bonchev–Trinajstić information content (AvgIpc) is 2.28.